The lowest BCUT2D eigenvalue weighted by atomic mass is 10.00. The van der Waals surface area contributed by atoms with Gasteiger partial charge in [-0.25, -0.2) is 0 Å². The van der Waals surface area contributed by atoms with E-state index in [1.807, 2.05) is 5.32 Å². The van der Waals surface area contributed by atoms with Gasteiger partial charge in [0, 0.05) is 41.2 Å². The zero-order chi connectivity index (χ0) is 27.1. The minimum atomic E-state index is -5.73. The van der Waals surface area contributed by atoms with Crippen LogP contribution in [0, 0.1) is 5.41 Å². The summed E-state index contributed by atoms with van der Waals surface area (Å²) in [5.74, 6) is -6.59. The van der Waals surface area contributed by atoms with Gasteiger partial charge in [0.2, 0.25) is 0 Å². The molecule has 0 saturated heterocycles. The molecule has 2 N–H and O–H groups in total. The lowest BCUT2D eigenvalue weighted by Gasteiger charge is -2.19. The maximum absolute atomic E-state index is 13.1. The summed E-state index contributed by atoms with van der Waals surface area (Å²) in [6.45, 7) is -1.03. The van der Waals surface area contributed by atoms with E-state index in [1.165, 1.54) is 24.3 Å². The smallest absolute Gasteiger partial charge is 0.384 e. The second-order valence-electron chi connectivity index (χ2n) is 8.17. The van der Waals surface area contributed by atoms with E-state index in [-0.39, 0.29) is 22.8 Å². The molecule has 2 aromatic rings. The summed E-state index contributed by atoms with van der Waals surface area (Å²) in [6, 6.07) is 8.69. The summed E-state index contributed by atoms with van der Waals surface area (Å²) in [5.41, 5.74) is -0.660. The number of nitrogens with one attached hydrogen (secondary N) is 2. The van der Waals surface area contributed by atoms with Crippen LogP contribution in [0.15, 0.2) is 36.4 Å². The van der Waals surface area contributed by atoms with Crippen molar-refractivity contribution >= 4 is 75.9 Å². The molecular formula is C22H16Cl5F5N2O2. The number of carbonyl (C=O) groups excluding carboxylic acids is 2. The molecule has 196 valence electrons. The van der Waals surface area contributed by atoms with Gasteiger partial charge in [0.05, 0.1) is 16.0 Å². The van der Waals surface area contributed by atoms with Gasteiger partial charge in [0.15, 0.2) is 0 Å². The molecule has 0 aliphatic heterocycles. The zero-order valence-electron chi connectivity index (χ0n) is 17.8. The lowest BCUT2D eigenvalue weighted by Crippen LogP contribution is -2.40. The van der Waals surface area contributed by atoms with Gasteiger partial charge in [-0.1, -0.05) is 58.0 Å². The van der Waals surface area contributed by atoms with E-state index >= 15 is 0 Å². The Morgan fingerprint density at radius 1 is 1.00 bits per heavy atom. The number of halogens is 10. The Bertz CT molecular complexity index is 1160. The van der Waals surface area contributed by atoms with Crippen molar-refractivity contribution in [3.8, 4) is 0 Å². The normalized spacial score (nSPS) is 21.1. The van der Waals surface area contributed by atoms with Crippen LogP contribution in [-0.4, -0.2) is 41.7 Å². The van der Waals surface area contributed by atoms with Crippen LogP contribution < -0.4 is 10.6 Å². The highest BCUT2D eigenvalue weighted by molar-refractivity contribution is 6.54. The molecule has 0 radical (unpaired) electrons. The fraction of sp³-hybridized carbons (Fsp3) is 0.364. The molecule has 0 heterocycles. The van der Waals surface area contributed by atoms with Crippen molar-refractivity contribution in [2.45, 2.75) is 28.8 Å². The van der Waals surface area contributed by atoms with Gasteiger partial charge in [-0.2, -0.15) is 22.0 Å². The first-order chi connectivity index (χ1) is 16.6. The summed E-state index contributed by atoms with van der Waals surface area (Å²) in [7, 11) is 0. The van der Waals surface area contributed by atoms with Crippen LogP contribution in [-0.2, 0) is 4.79 Å². The number of anilines is 1. The quantitative estimate of drug-likeness (QED) is 0.175. The third-order valence-corrected chi connectivity index (χ3v) is 7.68. The van der Waals surface area contributed by atoms with Gasteiger partial charge < -0.3 is 15.4 Å². The van der Waals surface area contributed by atoms with E-state index in [0.29, 0.717) is 21.9 Å². The summed E-state index contributed by atoms with van der Waals surface area (Å²) in [4.78, 5) is 24.4. The van der Waals surface area contributed by atoms with Gasteiger partial charge in [-0.05, 0) is 42.0 Å². The van der Waals surface area contributed by atoms with Gasteiger partial charge in [-0.15, -0.1) is 0 Å². The maximum Gasteiger partial charge on any atom is 0.453 e. The molecule has 1 aliphatic rings. The fourth-order valence-corrected chi connectivity index (χ4v) is 5.48. The number of amides is 1. The molecule has 0 spiro atoms. The molecule has 2 atom stereocenters. The molecule has 3 rings (SSSR count). The van der Waals surface area contributed by atoms with E-state index in [1.54, 1.807) is 12.1 Å². The van der Waals surface area contributed by atoms with E-state index in [4.69, 9.17) is 58.0 Å². The van der Waals surface area contributed by atoms with Crippen LogP contribution in [0.1, 0.15) is 28.3 Å². The second-order valence-corrected chi connectivity index (χ2v) is 10.8. The number of hydrogen-bond donors (Lipinski definition) is 2. The lowest BCUT2D eigenvalue weighted by molar-refractivity contribution is -0.283. The molecule has 0 bridgehead atoms. The standard InChI is InChI=1S/C22H16Cl5F5N2O2/c23-12-5-11(6-13(24)7-12)17-19(10-35,21(17,26)27)9-34-14-1-2-16(25)15(8-14)18(36)33-4-3-20(28,29)22(30,31)32/h1-2,5-8,10,17,34H,3-4,9H2,(H,33,36). The fourth-order valence-electron chi connectivity index (χ4n) is 3.76. The summed E-state index contributed by atoms with van der Waals surface area (Å²) < 4.78 is 61.5. The molecule has 1 aliphatic carbocycles. The molecule has 0 aromatic heterocycles. The van der Waals surface area contributed by atoms with Crippen LogP contribution in [0.25, 0.3) is 0 Å². The number of alkyl halides is 7. The van der Waals surface area contributed by atoms with Gasteiger partial charge in [0.1, 0.15) is 10.6 Å². The Balaban J connectivity index is 1.72. The Hall–Kier alpha value is -1.52. The monoisotopic (exact) mass is 610 g/mol. The van der Waals surface area contributed by atoms with Crippen molar-refractivity contribution in [3.63, 3.8) is 0 Å². The third-order valence-electron chi connectivity index (χ3n) is 5.78. The van der Waals surface area contributed by atoms with Crippen LogP contribution in [0.5, 0.6) is 0 Å². The molecule has 1 amide bonds. The van der Waals surface area contributed by atoms with Gasteiger partial charge in [0.25, 0.3) is 5.91 Å². The van der Waals surface area contributed by atoms with E-state index in [2.05, 4.69) is 5.32 Å². The highest BCUT2D eigenvalue weighted by Crippen LogP contribution is 2.73. The van der Waals surface area contributed by atoms with Gasteiger partial charge >= 0.3 is 12.1 Å². The van der Waals surface area contributed by atoms with Crippen LogP contribution in [0.3, 0.4) is 0 Å². The van der Waals surface area contributed by atoms with Crippen LogP contribution >= 0.6 is 58.0 Å². The SMILES string of the molecule is O=CC1(CNc2ccc(Cl)c(C(=O)NCCC(F)(F)C(F)(F)F)c2)C(c2cc(Cl)cc(Cl)c2)C1(Cl)Cl. The molecule has 2 aromatic carbocycles. The minimum absolute atomic E-state index is 0.0763. The summed E-state index contributed by atoms with van der Waals surface area (Å²) in [6.07, 6.45) is -6.77. The molecular weight excluding hydrogens is 597 g/mol. The number of rotatable bonds is 9. The number of benzene rings is 2. The topological polar surface area (TPSA) is 58.2 Å². The molecule has 1 fully saturated rings. The summed E-state index contributed by atoms with van der Waals surface area (Å²) >= 11 is 31.0. The average Bonchev–Trinajstić information content (AvgIpc) is 3.26. The van der Waals surface area contributed by atoms with Crippen molar-refractivity contribution < 1.29 is 31.5 Å². The van der Waals surface area contributed by atoms with E-state index in [0.717, 1.165) is 0 Å². The number of hydrogen-bond acceptors (Lipinski definition) is 3. The molecule has 14 heteroatoms. The first-order valence-electron chi connectivity index (χ1n) is 10.1. The molecule has 2 unspecified atom stereocenters. The summed E-state index contributed by atoms with van der Waals surface area (Å²) in [5, 5.41) is 5.49. The first kappa shape index (κ1) is 29.0. The van der Waals surface area contributed by atoms with Crippen molar-refractivity contribution in [2.75, 3.05) is 18.4 Å². The van der Waals surface area contributed by atoms with Crippen molar-refractivity contribution in [3.05, 3.63) is 62.6 Å². The predicted molar refractivity (Wildman–Crippen MR) is 130 cm³/mol. The molecule has 36 heavy (non-hydrogen) atoms. The number of aldehydes is 1. The van der Waals surface area contributed by atoms with Crippen molar-refractivity contribution in [1.82, 2.24) is 5.32 Å². The van der Waals surface area contributed by atoms with Crippen molar-refractivity contribution in [1.29, 1.82) is 0 Å². The number of carbonyl (C=O) groups is 2. The Morgan fingerprint density at radius 3 is 2.17 bits per heavy atom. The largest absolute Gasteiger partial charge is 0.453 e. The Morgan fingerprint density at radius 2 is 1.61 bits per heavy atom. The first-order valence-corrected chi connectivity index (χ1v) is 12.0. The highest BCUT2D eigenvalue weighted by atomic mass is 35.5. The minimum Gasteiger partial charge on any atom is -0.384 e. The Labute approximate surface area is 227 Å². The Kier molecular flexibility index (Phi) is 8.33. The average molecular weight is 613 g/mol. The van der Waals surface area contributed by atoms with Crippen LogP contribution in [0.2, 0.25) is 15.1 Å². The van der Waals surface area contributed by atoms with Crippen LogP contribution in [0.4, 0.5) is 27.6 Å². The predicted octanol–water partition coefficient (Wildman–Crippen LogP) is 7.53. The van der Waals surface area contributed by atoms with Gasteiger partial charge in [-0.3, -0.25) is 4.79 Å². The third kappa shape index (κ3) is 5.65. The maximum atomic E-state index is 13.1. The molecule has 4 nitrogen and oxygen atoms in total. The van der Waals surface area contributed by atoms with E-state index in [9.17, 15) is 31.5 Å². The van der Waals surface area contributed by atoms with E-state index < -0.39 is 46.6 Å². The molecule has 1 saturated carbocycles. The second kappa shape index (κ2) is 10.3. The zero-order valence-corrected chi connectivity index (χ0v) is 21.6. The highest BCUT2D eigenvalue weighted by Gasteiger charge is 2.76. The van der Waals surface area contributed by atoms with Crippen molar-refractivity contribution in [2.24, 2.45) is 5.41 Å².